The number of nitrogens with one attached hydrogen (secondary N) is 1. The molecule has 0 saturated heterocycles. The molecular formula is C13H15FN4O2. The van der Waals surface area contributed by atoms with Crippen LogP contribution in [0.25, 0.3) is 10.9 Å². The molecule has 7 heteroatoms. The zero-order valence-corrected chi connectivity index (χ0v) is 11.2. The lowest BCUT2D eigenvalue weighted by Crippen LogP contribution is -2.39. The van der Waals surface area contributed by atoms with Gasteiger partial charge >= 0.3 is 0 Å². The Kier molecular flexibility index (Phi) is 3.54. The molecule has 0 aliphatic rings. The first-order chi connectivity index (χ1) is 9.29. The topological polar surface area (TPSA) is 94.1 Å². The van der Waals surface area contributed by atoms with Gasteiger partial charge < -0.3 is 11.1 Å². The highest BCUT2D eigenvalue weighted by molar-refractivity contribution is 5.97. The molecule has 0 fully saturated rings. The molecule has 1 aromatic carbocycles. The molecule has 0 atom stereocenters. The van der Waals surface area contributed by atoms with Gasteiger partial charge in [-0.15, -0.1) is 0 Å². The summed E-state index contributed by atoms with van der Waals surface area (Å²) >= 11 is 0. The third kappa shape index (κ3) is 2.83. The lowest BCUT2D eigenvalue weighted by Gasteiger charge is -2.20. The molecule has 0 bridgehead atoms. The van der Waals surface area contributed by atoms with Crippen LogP contribution < -0.4 is 11.1 Å². The zero-order valence-electron chi connectivity index (χ0n) is 11.2. The van der Waals surface area contributed by atoms with E-state index in [-0.39, 0.29) is 22.3 Å². The Morgan fingerprint density at radius 3 is 2.85 bits per heavy atom. The zero-order chi connectivity index (χ0) is 14.9. The number of nitro groups is 1. The predicted octanol–water partition coefficient (Wildman–Crippen LogP) is 2.43. The van der Waals surface area contributed by atoms with Gasteiger partial charge in [0.1, 0.15) is 5.52 Å². The molecule has 0 aliphatic carbocycles. The van der Waals surface area contributed by atoms with Crippen molar-refractivity contribution < 1.29 is 9.31 Å². The molecule has 0 saturated carbocycles. The average Bonchev–Trinajstić information content (AvgIpc) is 2.35. The summed E-state index contributed by atoms with van der Waals surface area (Å²) in [4.78, 5) is 14.4. The molecule has 0 amide bonds. The standard InChI is InChI=1S/C13H15FN4O2/c1-13(2,15)7-17-12-9(14)6-10(18(19)20)8-4-3-5-16-11(8)12/h3-6,17H,7,15H2,1-2H3. The predicted molar refractivity (Wildman–Crippen MR) is 75.1 cm³/mol. The van der Waals surface area contributed by atoms with E-state index in [1.165, 1.54) is 6.20 Å². The number of hydrogen-bond acceptors (Lipinski definition) is 5. The fourth-order valence-electron chi connectivity index (χ4n) is 1.83. The fraction of sp³-hybridized carbons (Fsp3) is 0.308. The molecule has 0 aliphatic heterocycles. The first-order valence-corrected chi connectivity index (χ1v) is 6.04. The first kappa shape index (κ1) is 14.1. The van der Waals surface area contributed by atoms with Crippen LogP contribution in [-0.4, -0.2) is 22.0 Å². The van der Waals surface area contributed by atoms with Gasteiger partial charge in [-0.25, -0.2) is 4.39 Å². The second-order valence-electron chi connectivity index (χ2n) is 5.25. The highest BCUT2D eigenvalue weighted by Gasteiger charge is 2.21. The Labute approximate surface area is 115 Å². The van der Waals surface area contributed by atoms with Crippen molar-refractivity contribution in [2.24, 2.45) is 5.73 Å². The fourth-order valence-corrected chi connectivity index (χ4v) is 1.83. The SMILES string of the molecule is CC(C)(N)CNc1c(F)cc([N+](=O)[O-])c2cccnc12. The van der Waals surface area contributed by atoms with Crippen molar-refractivity contribution in [1.29, 1.82) is 0 Å². The molecular weight excluding hydrogens is 263 g/mol. The van der Waals surface area contributed by atoms with Gasteiger partial charge in [0.05, 0.1) is 22.1 Å². The summed E-state index contributed by atoms with van der Waals surface area (Å²) in [7, 11) is 0. The monoisotopic (exact) mass is 278 g/mol. The Morgan fingerprint density at radius 1 is 1.55 bits per heavy atom. The van der Waals surface area contributed by atoms with E-state index in [2.05, 4.69) is 10.3 Å². The average molecular weight is 278 g/mol. The maximum atomic E-state index is 14.1. The number of aromatic nitrogens is 1. The van der Waals surface area contributed by atoms with Crippen molar-refractivity contribution in [2.75, 3.05) is 11.9 Å². The lowest BCUT2D eigenvalue weighted by molar-refractivity contribution is -0.383. The van der Waals surface area contributed by atoms with Gasteiger partial charge in [0.15, 0.2) is 5.82 Å². The van der Waals surface area contributed by atoms with E-state index < -0.39 is 16.3 Å². The molecule has 3 N–H and O–H groups in total. The number of anilines is 1. The molecule has 20 heavy (non-hydrogen) atoms. The molecule has 6 nitrogen and oxygen atoms in total. The summed E-state index contributed by atoms with van der Waals surface area (Å²) in [6, 6.07) is 4.01. The van der Waals surface area contributed by atoms with Crippen LogP contribution in [0.15, 0.2) is 24.4 Å². The summed E-state index contributed by atoms with van der Waals surface area (Å²) in [6.07, 6.45) is 1.46. The number of nitrogens with zero attached hydrogens (tertiary/aromatic N) is 2. The molecule has 106 valence electrons. The molecule has 2 aromatic rings. The Hall–Kier alpha value is -2.28. The number of halogens is 1. The number of non-ortho nitro benzene ring substituents is 1. The summed E-state index contributed by atoms with van der Waals surface area (Å²) in [5, 5.41) is 14.1. The minimum atomic E-state index is -0.716. The van der Waals surface area contributed by atoms with Crippen LogP contribution in [0.1, 0.15) is 13.8 Å². The van der Waals surface area contributed by atoms with Crippen LogP contribution in [0.4, 0.5) is 15.8 Å². The molecule has 0 spiro atoms. The quantitative estimate of drug-likeness (QED) is 0.661. The highest BCUT2D eigenvalue weighted by Crippen LogP contribution is 2.32. The van der Waals surface area contributed by atoms with Crippen LogP contribution in [0.2, 0.25) is 0 Å². The van der Waals surface area contributed by atoms with Gasteiger partial charge in [0, 0.05) is 18.3 Å². The molecule has 0 unspecified atom stereocenters. The smallest absolute Gasteiger partial charge is 0.281 e. The Balaban J connectivity index is 2.58. The van der Waals surface area contributed by atoms with Crippen molar-refractivity contribution >= 4 is 22.3 Å². The van der Waals surface area contributed by atoms with Crippen LogP contribution >= 0.6 is 0 Å². The van der Waals surface area contributed by atoms with Crippen molar-refractivity contribution in [1.82, 2.24) is 4.98 Å². The van der Waals surface area contributed by atoms with E-state index in [1.54, 1.807) is 26.0 Å². The Bertz CT molecular complexity index is 667. The second-order valence-corrected chi connectivity index (χ2v) is 5.25. The number of benzene rings is 1. The Morgan fingerprint density at radius 2 is 2.25 bits per heavy atom. The van der Waals surface area contributed by atoms with Gasteiger partial charge in [-0.05, 0) is 26.0 Å². The number of pyridine rings is 1. The van der Waals surface area contributed by atoms with Crippen LogP contribution in [0, 0.1) is 15.9 Å². The van der Waals surface area contributed by atoms with E-state index in [4.69, 9.17) is 5.73 Å². The van der Waals surface area contributed by atoms with Gasteiger partial charge in [0.2, 0.25) is 0 Å². The van der Waals surface area contributed by atoms with Crippen molar-refractivity contribution in [3.8, 4) is 0 Å². The van der Waals surface area contributed by atoms with E-state index >= 15 is 0 Å². The molecule has 2 rings (SSSR count). The van der Waals surface area contributed by atoms with E-state index in [0.29, 0.717) is 6.54 Å². The number of hydrogen-bond donors (Lipinski definition) is 2. The lowest BCUT2D eigenvalue weighted by atomic mass is 10.1. The summed E-state index contributed by atoms with van der Waals surface area (Å²) in [6.45, 7) is 3.89. The first-order valence-electron chi connectivity index (χ1n) is 6.04. The third-order valence-electron chi connectivity index (χ3n) is 2.74. The van der Waals surface area contributed by atoms with E-state index in [9.17, 15) is 14.5 Å². The van der Waals surface area contributed by atoms with Crippen molar-refractivity contribution in [3.63, 3.8) is 0 Å². The number of fused-ring (bicyclic) bond motifs is 1. The maximum absolute atomic E-state index is 14.1. The van der Waals surface area contributed by atoms with Gasteiger partial charge in [-0.2, -0.15) is 0 Å². The summed E-state index contributed by atoms with van der Waals surface area (Å²) < 4.78 is 14.1. The van der Waals surface area contributed by atoms with E-state index in [0.717, 1.165) is 6.07 Å². The molecule has 0 radical (unpaired) electrons. The van der Waals surface area contributed by atoms with Crippen molar-refractivity contribution in [2.45, 2.75) is 19.4 Å². The minimum Gasteiger partial charge on any atom is -0.379 e. The normalized spacial score (nSPS) is 11.6. The van der Waals surface area contributed by atoms with E-state index in [1.807, 2.05) is 0 Å². The second kappa shape index (κ2) is 5.01. The molecule has 1 heterocycles. The maximum Gasteiger partial charge on any atom is 0.281 e. The highest BCUT2D eigenvalue weighted by atomic mass is 19.1. The summed E-state index contributed by atoms with van der Waals surface area (Å²) in [5.74, 6) is -0.716. The van der Waals surface area contributed by atoms with Gasteiger partial charge in [-0.1, -0.05) is 0 Å². The third-order valence-corrected chi connectivity index (χ3v) is 2.74. The van der Waals surface area contributed by atoms with Crippen LogP contribution in [0.5, 0.6) is 0 Å². The molecule has 1 aromatic heterocycles. The summed E-state index contributed by atoms with van der Waals surface area (Å²) in [5.41, 5.74) is 5.35. The largest absolute Gasteiger partial charge is 0.379 e. The number of rotatable bonds is 4. The van der Waals surface area contributed by atoms with Gasteiger partial charge in [0.25, 0.3) is 5.69 Å². The van der Waals surface area contributed by atoms with Crippen LogP contribution in [0.3, 0.4) is 0 Å². The number of nitro benzene ring substituents is 1. The van der Waals surface area contributed by atoms with Crippen LogP contribution in [-0.2, 0) is 0 Å². The minimum absolute atomic E-state index is 0.129. The number of nitrogens with two attached hydrogens (primary N) is 1. The van der Waals surface area contributed by atoms with Gasteiger partial charge in [-0.3, -0.25) is 15.1 Å². The van der Waals surface area contributed by atoms with Crippen molar-refractivity contribution in [3.05, 3.63) is 40.3 Å².